The zero-order valence-electron chi connectivity index (χ0n) is 17.0. The van der Waals surface area contributed by atoms with Crippen LogP contribution in [0.1, 0.15) is 43.7 Å². The first kappa shape index (κ1) is 21.3. The maximum Gasteiger partial charge on any atom is 0.244 e. The number of carbonyl (C=O) groups excluding carboxylic acids is 2. The predicted molar refractivity (Wildman–Crippen MR) is 117 cm³/mol. The summed E-state index contributed by atoms with van der Waals surface area (Å²) in [6.45, 7) is 5.21. The number of hydrogen-bond acceptors (Lipinski definition) is 3. The van der Waals surface area contributed by atoms with Crippen molar-refractivity contribution in [2.75, 3.05) is 18.4 Å². The maximum absolute atomic E-state index is 12.8. The molecule has 0 aliphatic carbocycles. The summed E-state index contributed by atoms with van der Waals surface area (Å²) in [5, 5.41) is 3.58. The van der Waals surface area contributed by atoms with Gasteiger partial charge in [0.05, 0.1) is 12.0 Å². The number of hydrogen-bond donors (Lipinski definition) is 2. The molecule has 5 nitrogen and oxygen atoms in total. The standard InChI is InChI=1S/C23H28ClN3O2/c1-16(2)18-5-9-20(10-6-18)26-22(29)23(25)11-13-27(14-12-23)21(28)15-17-3-7-19(24)8-4-17/h3-10,16H,11-15,25H2,1-2H3,(H,26,29). The van der Waals surface area contributed by atoms with Crippen LogP contribution in [0.4, 0.5) is 5.69 Å². The van der Waals surface area contributed by atoms with Gasteiger partial charge in [0.1, 0.15) is 0 Å². The van der Waals surface area contributed by atoms with E-state index in [1.165, 1.54) is 5.56 Å². The Morgan fingerprint density at radius 3 is 2.21 bits per heavy atom. The van der Waals surface area contributed by atoms with Crippen molar-refractivity contribution in [3.63, 3.8) is 0 Å². The number of amides is 2. The lowest BCUT2D eigenvalue weighted by Gasteiger charge is -2.38. The first-order valence-corrected chi connectivity index (χ1v) is 10.4. The molecular weight excluding hydrogens is 386 g/mol. The molecule has 3 N–H and O–H groups in total. The van der Waals surface area contributed by atoms with Gasteiger partial charge in [-0.3, -0.25) is 9.59 Å². The molecule has 0 aromatic heterocycles. The number of likely N-dealkylation sites (tertiary alicyclic amines) is 1. The van der Waals surface area contributed by atoms with Crippen molar-refractivity contribution in [2.24, 2.45) is 5.73 Å². The van der Waals surface area contributed by atoms with Crippen molar-refractivity contribution in [2.45, 2.75) is 44.6 Å². The van der Waals surface area contributed by atoms with Gasteiger partial charge in [-0.2, -0.15) is 0 Å². The molecule has 1 heterocycles. The van der Waals surface area contributed by atoms with Crippen LogP contribution in [0.3, 0.4) is 0 Å². The highest BCUT2D eigenvalue weighted by atomic mass is 35.5. The van der Waals surface area contributed by atoms with Gasteiger partial charge in [-0.25, -0.2) is 0 Å². The fourth-order valence-corrected chi connectivity index (χ4v) is 3.60. The molecule has 0 radical (unpaired) electrons. The molecule has 1 saturated heterocycles. The van der Waals surface area contributed by atoms with Gasteiger partial charge in [0, 0.05) is 23.8 Å². The van der Waals surface area contributed by atoms with Gasteiger partial charge in [0.2, 0.25) is 11.8 Å². The lowest BCUT2D eigenvalue weighted by molar-refractivity contribution is -0.134. The number of rotatable bonds is 5. The molecule has 2 amide bonds. The minimum absolute atomic E-state index is 0.0408. The quantitative estimate of drug-likeness (QED) is 0.778. The van der Waals surface area contributed by atoms with E-state index in [2.05, 4.69) is 19.2 Å². The highest BCUT2D eigenvalue weighted by Crippen LogP contribution is 2.24. The van der Waals surface area contributed by atoms with E-state index in [0.29, 0.717) is 43.3 Å². The topological polar surface area (TPSA) is 75.4 Å². The molecule has 0 atom stereocenters. The van der Waals surface area contributed by atoms with E-state index >= 15 is 0 Å². The van der Waals surface area contributed by atoms with E-state index < -0.39 is 5.54 Å². The van der Waals surface area contributed by atoms with Crippen LogP contribution in [0, 0.1) is 0 Å². The summed E-state index contributed by atoms with van der Waals surface area (Å²) in [5.41, 5.74) is 8.32. The SMILES string of the molecule is CC(C)c1ccc(NC(=O)C2(N)CCN(C(=O)Cc3ccc(Cl)cc3)CC2)cc1. The minimum Gasteiger partial charge on any atom is -0.342 e. The van der Waals surface area contributed by atoms with Crippen molar-refractivity contribution in [1.29, 1.82) is 0 Å². The van der Waals surface area contributed by atoms with E-state index in [1.807, 2.05) is 36.4 Å². The lowest BCUT2D eigenvalue weighted by Crippen LogP contribution is -2.58. The van der Waals surface area contributed by atoms with Crippen LogP contribution in [0.15, 0.2) is 48.5 Å². The third-order valence-electron chi connectivity index (χ3n) is 5.56. The Labute approximate surface area is 177 Å². The fraction of sp³-hybridized carbons (Fsp3) is 0.391. The number of halogens is 1. The summed E-state index contributed by atoms with van der Waals surface area (Å²) in [6.07, 6.45) is 1.20. The van der Waals surface area contributed by atoms with Crippen LogP contribution in [0.25, 0.3) is 0 Å². The van der Waals surface area contributed by atoms with Gasteiger partial charge < -0.3 is 16.0 Å². The Kier molecular flexibility index (Phi) is 6.60. The third-order valence-corrected chi connectivity index (χ3v) is 5.82. The summed E-state index contributed by atoms with van der Waals surface area (Å²) in [6, 6.07) is 15.1. The smallest absolute Gasteiger partial charge is 0.244 e. The van der Waals surface area contributed by atoms with Crippen molar-refractivity contribution in [3.05, 3.63) is 64.7 Å². The fourth-order valence-electron chi connectivity index (χ4n) is 3.48. The highest BCUT2D eigenvalue weighted by Gasteiger charge is 2.38. The van der Waals surface area contributed by atoms with E-state index in [9.17, 15) is 9.59 Å². The highest BCUT2D eigenvalue weighted by molar-refractivity contribution is 6.30. The van der Waals surface area contributed by atoms with Gasteiger partial charge in [-0.15, -0.1) is 0 Å². The zero-order chi connectivity index (χ0) is 21.0. The molecule has 0 spiro atoms. The number of anilines is 1. The van der Waals surface area contributed by atoms with E-state index in [4.69, 9.17) is 17.3 Å². The molecular formula is C23H28ClN3O2. The van der Waals surface area contributed by atoms with Gasteiger partial charge >= 0.3 is 0 Å². The Morgan fingerprint density at radius 1 is 1.07 bits per heavy atom. The molecule has 1 aliphatic rings. The van der Waals surface area contributed by atoms with Gasteiger partial charge in [-0.1, -0.05) is 49.7 Å². The Hall–Kier alpha value is -2.37. The van der Waals surface area contributed by atoms with Crippen LogP contribution in [-0.4, -0.2) is 35.3 Å². The molecule has 3 rings (SSSR count). The van der Waals surface area contributed by atoms with Gasteiger partial charge in [0.25, 0.3) is 0 Å². The van der Waals surface area contributed by atoms with E-state index in [0.717, 1.165) is 11.3 Å². The summed E-state index contributed by atoms with van der Waals surface area (Å²) in [5.74, 6) is 0.286. The van der Waals surface area contributed by atoms with Crippen molar-refractivity contribution < 1.29 is 9.59 Å². The predicted octanol–water partition coefficient (Wildman–Crippen LogP) is 3.96. The molecule has 2 aromatic rings. The van der Waals surface area contributed by atoms with Crippen molar-refractivity contribution >= 4 is 29.1 Å². The molecule has 1 fully saturated rings. The molecule has 0 saturated carbocycles. The minimum atomic E-state index is -0.965. The van der Waals surface area contributed by atoms with Crippen LogP contribution in [0.5, 0.6) is 0 Å². The number of nitrogens with zero attached hydrogens (tertiary/aromatic N) is 1. The molecule has 29 heavy (non-hydrogen) atoms. The molecule has 6 heteroatoms. The molecule has 0 unspecified atom stereocenters. The van der Waals surface area contributed by atoms with E-state index in [1.54, 1.807) is 17.0 Å². The zero-order valence-corrected chi connectivity index (χ0v) is 17.7. The van der Waals surface area contributed by atoms with Crippen molar-refractivity contribution in [1.82, 2.24) is 4.90 Å². The number of benzene rings is 2. The third kappa shape index (κ3) is 5.37. The Bertz CT molecular complexity index is 855. The first-order chi connectivity index (χ1) is 13.8. The summed E-state index contributed by atoms with van der Waals surface area (Å²) < 4.78 is 0. The summed E-state index contributed by atoms with van der Waals surface area (Å²) >= 11 is 5.89. The monoisotopic (exact) mass is 413 g/mol. The number of piperidine rings is 1. The molecule has 1 aliphatic heterocycles. The first-order valence-electron chi connectivity index (χ1n) is 9.99. The second kappa shape index (κ2) is 8.97. The van der Waals surface area contributed by atoms with Crippen LogP contribution in [-0.2, 0) is 16.0 Å². The number of nitrogens with one attached hydrogen (secondary N) is 1. The van der Waals surface area contributed by atoms with Gasteiger partial charge in [-0.05, 0) is 54.2 Å². The van der Waals surface area contributed by atoms with Crippen LogP contribution in [0.2, 0.25) is 5.02 Å². The van der Waals surface area contributed by atoms with Crippen molar-refractivity contribution in [3.8, 4) is 0 Å². The molecule has 154 valence electrons. The second-order valence-corrected chi connectivity index (χ2v) is 8.51. The molecule has 2 aromatic carbocycles. The Balaban J connectivity index is 1.54. The second-order valence-electron chi connectivity index (χ2n) is 8.07. The Morgan fingerprint density at radius 2 is 1.66 bits per heavy atom. The lowest BCUT2D eigenvalue weighted by atomic mass is 9.87. The van der Waals surface area contributed by atoms with E-state index in [-0.39, 0.29) is 11.8 Å². The number of nitrogens with two attached hydrogens (primary N) is 1. The normalized spacial score (nSPS) is 16.0. The average Bonchev–Trinajstić information content (AvgIpc) is 2.70. The number of carbonyl (C=O) groups is 2. The largest absolute Gasteiger partial charge is 0.342 e. The average molecular weight is 414 g/mol. The molecule has 0 bridgehead atoms. The summed E-state index contributed by atoms with van der Waals surface area (Å²) in [4.78, 5) is 27.1. The van der Waals surface area contributed by atoms with Gasteiger partial charge in [0.15, 0.2) is 0 Å². The van der Waals surface area contributed by atoms with Crippen LogP contribution < -0.4 is 11.1 Å². The van der Waals surface area contributed by atoms with Crippen LogP contribution >= 0.6 is 11.6 Å². The summed E-state index contributed by atoms with van der Waals surface area (Å²) in [7, 11) is 0. The maximum atomic E-state index is 12.8.